The maximum absolute atomic E-state index is 9.32. The molecule has 8 nitrogen and oxygen atoms in total. The largest absolute Gasteiger partial charge is 0.354 e. The van der Waals surface area contributed by atoms with Crippen molar-refractivity contribution in [2.45, 2.75) is 90.9 Å². The highest BCUT2D eigenvalue weighted by atomic mass is 15.3. The van der Waals surface area contributed by atoms with E-state index in [9.17, 15) is 5.26 Å². The van der Waals surface area contributed by atoms with Crippen molar-refractivity contribution in [1.82, 2.24) is 15.0 Å². The Labute approximate surface area is 210 Å². The second kappa shape index (κ2) is 17.1. The zero-order valence-electron chi connectivity index (χ0n) is 21.4. The summed E-state index contributed by atoms with van der Waals surface area (Å²) in [4.78, 5) is 13.6. The third kappa shape index (κ3) is 11.1. The minimum Gasteiger partial charge on any atom is -0.354 e. The van der Waals surface area contributed by atoms with Gasteiger partial charge in [-0.3, -0.25) is 0 Å². The summed E-state index contributed by atoms with van der Waals surface area (Å²) in [5.74, 6) is 1.44. The first-order valence-corrected chi connectivity index (χ1v) is 13.1. The molecule has 1 heterocycles. The van der Waals surface area contributed by atoms with Gasteiger partial charge in [0.15, 0.2) is 0 Å². The van der Waals surface area contributed by atoms with E-state index in [2.05, 4.69) is 50.8 Å². The lowest BCUT2D eigenvalue weighted by Crippen LogP contribution is -2.12. The molecule has 0 bridgehead atoms. The number of aromatic nitrogens is 3. The summed E-state index contributed by atoms with van der Waals surface area (Å²) >= 11 is 0. The van der Waals surface area contributed by atoms with Crippen LogP contribution in [0.3, 0.4) is 0 Å². The van der Waals surface area contributed by atoms with Crippen LogP contribution in [-0.2, 0) is 0 Å². The molecule has 3 N–H and O–H groups in total. The SMILES string of the molecule is CCCCCCCCNc1nc(NCCCCCCCC)nc(Nc2ccc(C#N)c(C#N)c2)n1. The molecular formula is C27H40N8. The van der Waals surface area contributed by atoms with E-state index in [-0.39, 0.29) is 0 Å². The third-order valence-electron chi connectivity index (χ3n) is 5.78. The normalized spacial score (nSPS) is 10.4. The van der Waals surface area contributed by atoms with Gasteiger partial charge in [-0.2, -0.15) is 25.5 Å². The first-order chi connectivity index (χ1) is 17.2. The fourth-order valence-corrected chi connectivity index (χ4v) is 3.74. The molecular weight excluding hydrogens is 436 g/mol. The van der Waals surface area contributed by atoms with E-state index in [0.717, 1.165) is 25.9 Å². The molecule has 0 radical (unpaired) electrons. The lowest BCUT2D eigenvalue weighted by Gasteiger charge is -2.12. The highest BCUT2D eigenvalue weighted by Crippen LogP contribution is 2.19. The molecule has 0 aliphatic carbocycles. The van der Waals surface area contributed by atoms with E-state index < -0.39 is 0 Å². The van der Waals surface area contributed by atoms with Crippen molar-refractivity contribution in [3.63, 3.8) is 0 Å². The molecule has 1 aromatic heterocycles. The van der Waals surface area contributed by atoms with Gasteiger partial charge >= 0.3 is 0 Å². The van der Waals surface area contributed by atoms with E-state index in [1.165, 1.54) is 64.2 Å². The van der Waals surface area contributed by atoms with Crippen LogP contribution in [0, 0.1) is 22.7 Å². The van der Waals surface area contributed by atoms with Crippen molar-refractivity contribution >= 4 is 23.5 Å². The monoisotopic (exact) mass is 476 g/mol. The van der Waals surface area contributed by atoms with Crippen molar-refractivity contribution in [3.05, 3.63) is 29.3 Å². The first kappa shape index (κ1) is 27.9. The van der Waals surface area contributed by atoms with Gasteiger partial charge in [-0.15, -0.1) is 0 Å². The van der Waals surface area contributed by atoms with Crippen LogP contribution < -0.4 is 16.0 Å². The fourth-order valence-electron chi connectivity index (χ4n) is 3.74. The van der Waals surface area contributed by atoms with Crippen LogP contribution in [0.2, 0.25) is 0 Å². The molecule has 0 spiro atoms. The predicted octanol–water partition coefficient (Wildman–Crippen LogP) is 6.90. The van der Waals surface area contributed by atoms with E-state index >= 15 is 0 Å². The summed E-state index contributed by atoms with van der Waals surface area (Å²) < 4.78 is 0. The van der Waals surface area contributed by atoms with Crippen LogP contribution in [0.25, 0.3) is 0 Å². The van der Waals surface area contributed by atoms with Crippen molar-refractivity contribution < 1.29 is 0 Å². The zero-order chi connectivity index (χ0) is 25.1. The van der Waals surface area contributed by atoms with Gasteiger partial charge in [-0.25, -0.2) is 0 Å². The summed E-state index contributed by atoms with van der Waals surface area (Å²) in [7, 11) is 0. The van der Waals surface area contributed by atoms with Crippen LogP contribution in [0.1, 0.15) is 102 Å². The van der Waals surface area contributed by atoms with Gasteiger partial charge in [-0.1, -0.05) is 78.1 Å². The van der Waals surface area contributed by atoms with Crippen molar-refractivity contribution in [3.8, 4) is 12.1 Å². The third-order valence-corrected chi connectivity index (χ3v) is 5.78. The molecule has 0 fully saturated rings. The Hall–Kier alpha value is -3.39. The molecule has 35 heavy (non-hydrogen) atoms. The maximum atomic E-state index is 9.32. The summed E-state index contributed by atoms with van der Waals surface area (Å²) in [6.45, 7) is 6.07. The molecule has 0 aliphatic rings. The predicted molar refractivity (Wildman–Crippen MR) is 143 cm³/mol. The van der Waals surface area contributed by atoms with Gasteiger partial charge in [0.05, 0.1) is 11.1 Å². The summed E-state index contributed by atoms with van der Waals surface area (Å²) in [6.07, 6.45) is 14.7. The Bertz CT molecular complexity index is 924. The summed E-state index contributed by atoms with van der Waals surface area (Å²) in [6, 6.07) is 9.10. The Balaban J connectivity index is 2.01. The van der Waals surface area contributed by atoms with E-state index in [1.54, 1.807) is 18.2 Å². The van der Waals surface area contributed by atoms with Crippen LogP contribution in [0.5, 0.6) is 0 Å². The topological polar surface area (TPSA) is 122 Å². The fraction of sp³-hybridized carbons (Fsp3) is 0.593. The minimum absolute atomic E-state index is 0.314. The van der Waals surface area contributed by atoms with Crippen LogP contribution >= 0.6 is 0 Å². The zero-order valence-corrected chi connectivity index (χ0v) is 21.4. The Kier molecular flexibility index (Phi) is 13.6. The molecule has 2 aromatic rings. The molecule has 0 aliphatic heterocycles. The molecule has 188 valence electrons. The lowest BCUT2D eigenvalue weighted by atomic mass is 10.1. The smallest absolute Gasteiger partial charge is 0.233 e. The second-order valence-corrected chi connectivity index (χ2v) is 8.80. The summed E-state index contributed by atoms with van der Waals surface area (Å²) in [5, 5.41) is 28.3. The number of hydrogen-bond acceptors (Lipinski definition) is 8. The molecule has 1 aromatic carbocycles. The summed E-state index contributed by atoms with van der Waals surface area (Å²) in [5.41, 5.74) is 1.31. The van der Waals surface area contributed by atoms with E-state index in [0.29, 0.717) is 34.7 Å². The van der Waals surface area contributed by atoms with E-state index in [4.69, 9.17) is 5.26 Å². The number of unbranched alkanes of at least 4 members (excludes halogenated alkanes) is 10. The first-order valence-electron chi connectivity index (χ1n) is 13.1. The number of hydrogen-bond donors (Lipinski definition) is 3. The van der Waals surface area contributed by atoms with Gasteiger partial charge < -0.3 is 16.0 Å². The number of rotatable bonds is 18. The minimum atomic E-state index is 0.314. The number of benzene rings is 1. The Morgan fingerprint density at radius 3 is 1.63 bits per heavy atom. The molecule has 0 saturated heterocycles. The number of nitrogens with one attached hydrogen (secondary N) is 3. The number of anilines is 4. The van der Waals surface area contributed by atoms with Gasteiger partial charge in [-0.05, 0) is 31.0 Å². The van der Waals surface area contributed by atoms with Crippen LogP contribution in [0.15, 0.2) is 18.2 Å². The standard InChI is InChI=1S/C27H40N8/c1-3-5-7-9-11-13-17-30-25-33-26(31-18-14-12-10-8-6-4-2)35-27(34-25)32-24-16-15-22(20-28)23(19-24)21-29/h15-16,19H,3-14,17-18H2,1-2H3,(H3,30,31,32,33,34,35). The molecule has 0 amide bonds. The highest BCUT2D eigenvalue weighted by molar-refractivity contribution is 5.61. The molecule has 2 rings (SSSR count). The van der Waals surface area contributed by atoms with Crippen LogP contribution in [0.4, 0.5) is 23.5 Å². The average molecular weight is 477 g/mol. The Morgan fingerprint density at radius 2 is 1.11 bits per heavy atom. The maximum Gasteiger partial charge on any atom is 0.233 e. The van der Waals surface area contributed by atoms with Crippen molar-refractivity contribution in [1.29, 1.82) is 10.5 Å². The van der Waals surface area contributed by atoms with Gasteiger partial charge in [0.25, 0.3) is 0 Å². The number of nitriles is 2. The second-order valence-electron chi connectivity index (χ2n) is 8.80. The quantitative estimate of drug-likeness (QED) is 0.198. The van der Waals surface area contributed by atoms with Gasteiger partial charge in [0.1, 0.15) is 12.1 Å². The highest BCUT2D eigenvalue weighted by Gasteiger charge is 2.09. The molecule has 0 atom stereocenters. The van der Waals surface area contributed by atoms with E-state index in [1.807, 2.05) is 6.07 Å². The number of nitrogens with zero attached hydrogens (tertiary/aromatic N) is 5. The van der Waals surface area contributed by atoms with Gasteiger partial charge in [0, 0.05) is 18.8 Å². The molecule has 8 heteroatoms. The molecule has 0 unspecified atom stereocenters. The van der Waals surface area contributed by atoms with Crippen molar-refractivity contribution in [2.75, 3.05) is 29.0 Å². The lowest BCUT2D eigenvalue weighted by molar-refractivity contribution is 0.615. The van der Waals surface area contributed by atoms with Crippen LogP contribution in [-0.4, -0.2) is 28.0 Å². The average Bonchev–Trinajstić information content (AvgIpc) is 2.87. The molecule has 0 saturated carbocycles. The van der Waals surface area contributed by atoms with Gasteiger partial charge in [0.2, 0.25) is 17.8 Å². The Morgan fingerprint density at radius 1 is 0.629 bits per heavy atom. The van der Waals surface area contributed by atoms with Crippen molar-refractivity contribution in [2.24, 2.45) is 0 Å².